The Labute approximate surface area is 92.6 Å². The summed E-state index contributed by atoms with van der Waals surface area (Å²) >= 11 is 0. The number of ether oxygens (including phenoxy) is 1. The summed E-state index contributed by atoms with van der Waals surface area (Å²) in [5, 5.41) is 3.45. The molecule has 0 aliphatic heterocycles. The van der Waals surface area contributed by atoms with Gasteiger partial charge in [-0.1, -0.05) is 24.3 Å². The molecule has 0 saturated heterocycles. The smallest absolute Gasteiger partial charge is 0.0590 e. The van der Waals surface area contributed by atoms with Crippen molar-refractivity contribution in [2.75, 3.05) is 19.8 Å². The summed E-state index contributed by atoms with van der Waals surface area (Å²) in [5.41, 5.74) is 2.71. The Balaban J connectivity index is 2.40. The molecular formula is C13H21NO. The predicted molar refractivity (Wildman–Crippen MR) is 64.1 cm³/mol. The topological polar surface area (TPSA) is 21.3 Å². The molecule has 0 radical (unpaired) electrons. The molecule has 1 aromatic rings. The first kappa shape index (κ1) is 12.2. The lowest BCUT2D eigenvalue weighted by Gasteiger charge is -2.16. The second-order valence-corrected chi connectivity index (χ2v) is 3.73. The molecular weight excluding hydrogens is 186 g/mol. The molecule has 2 heteroatoms. The van der Waals surface area contributed by atoms with Crippen LogP contribution in [0.15, 0.2) is 24.3 Å². The van der Waals surface area contributed by atoms with E-state index in [1.807, 2.05) is 6.92 Å². The molecule has 0 fully saturated rings. The first-order valence-electron chi connectivity index (χ1n) is 5.62. The van der Waals surface area contributed by atoms with Crippen LogP contribution < -0.4 is 5.32 Å². The van der Waals surface area contributed by atoms with Gasteiger partial charge in [0.05, 0.1) is 6.61 Å². The van der Waals surface area contributed by atoms with E-state index in [0.29, 0.717) is 6.04 Å². The lowest BCUT2D eigenvalue weighted by molar-refractivity contribution is 0.147. The van der Waals surface area contributed by atoms with Crippen LogP contribution in [0.1, 0.15) is 31.0 Å². The predicted octanol–water partition coefficient (Wildman–Crippen LogP) is 2.68. The maximum atomic E-state index is 5.29. The van der Waals surface area contributed by atoms with E-state index in [9.17, 15) is 0 Å². The van der Waals surface area contributed by atoms with Crippen LogP contribution >= 0.6 is 0 Å². The third-order valence-corrected chi connectivity index (χ3v) is 2.56. The van der Waals surface area contributed by atoms with Crippen molar-refractivity contribution in [2.24, 2.45) is 0 Å². The van der Waals surface area contributed by atoms with Gasteiger partial charge in [-0.25, -0.2) is 0 Å². The van der Waals surface area contributed by atoms with Gasteiger partial charge in [0.25, 0.3) is 0 Å². The van der Waals surface area contributed by atoms with Crippen LogP contribution in [0, 0.1) is 6.92 Å². The highest BCUT2D eigenvalue weighted by molar-refractivity contribution is 5.28. The summed E-state index contributed by atoms with van der Waals surface area (Å²) in [4.78, 5) is 0. The lowest BCUT2D eigenvalue weighted by atomic mass is 10.0. The molecule has 0 spiro atoms. The molecule has 0 unspecified atom stereocenters. The molecule has 1 rings (SSSR count). The van der Waals surface area contributed by atoms with E-state index in [-0.39, 0.29) is 0 Å². The standard InChI is InChI=1S/C13H21NO/c1-4-15-10-9-14-12(3)13-8-6-5-7-11(13)2/h5-8,12,14H,4,9-10H2,1-3H3/t12-/m0/s1. The van der Waals surface area contributed by atoms with Gasteiger partial charge in [-0.05, 0) is 31.9 Å². The van der Waals surface area contributed by atoms with Crippen molar-refractivity contribution in [3.05, 3.63) is 35.4 Å². The minimum absolute atomic E-state index is 0.395. The summed E-state index contributed by atoms with van der Waals surface area (Å²) in [6.07, 6.45) is 0. The number of nitrogens with one attached hydrogen (secondary N) is 1. The minimum atomic E-state index is 0.395. The van der Waals surface area contributed by atoms with E-state index in [1.54, 1.807) is 0 Å². The third-order valence-electron chi connectivity index (χ3n) is 2.56. The molecule has 0 saturated carbocycles. The van der Waals surface area contributed by atoms with Crippen LogP contribution in [-0.4, -0.2) is 19.8 Å². The minimum Gasteiger partial charge on any atom is -0.380 e. The van der Waals surface area contributed by atoms with Crippen LogP contribution in [0.3, 0.4) is 0 Å². The Bertz CT molecular complexity index is 286. The van der Waals surface area contributed by atoms with E-state index in [2.05, 4.69) is 43.4 Å². The molecule has 0 aliphatic carbocycles. The molecule has 1 aromatic carbocycles. The Morgan fingerprint density at radius 2 is 2.07 bits per heavy atom. The maximum absolute atomic E-state index is 5.29. The van der Waals surface area contributed by atoms with E-state index < -0.39 is 0 Å². The van der Waals surface area contributed by atoms with Crippen LogP contribution in [0.5, 0.6) is 0 Å². The molecule has 1 N–H and O–H groups in total. The fraction of sp³-hybridized carbons (Fsp3) is 0.538. The zero-order valence-electron chi connectivity index (χ0n) is 9.92. The highest BCUT2D eigenvalue weighted by atomic mass is 16.5. The lowest BCUT2D eigenvalue weighted by Crippen LogP contribution is -2.23. The first-order valence-corrected chi connectivity index (χ1v) is 5.62. The van der Waals surface area contributed by atoms with Crippen molar-refractivity contribution in [3.8, 4) is 0 Å². The van der Waals surface area contributed by atoms with Crippen molar-refractivity contribution in [2.45, 2.75) is 26.8 Å². The van der Waals surface area contributed by atoms with Gasteiger partial charge in [0.15, 0.2) is 0 Å². The Hall–Kier alpha value is -0.860. The monoisotopic (exact) mass is 207 g/mol. The zero-order valence-corrected chi connectivity index (χ0v) is 9.92. The first-order chi connectivity index (χ1) is 7.25. The fourth-order valence-corrected chi connectivity index (χ4v) is 1.67. The summed E-state index contributed by atoms with van der Waals surface area (Å²) in [6.45, 7) is 8.84. The van der Waals surface area contributed by atoms with Gasteiger partial charge in [0.1, 0.15) is 0 Å². The number of hydrogen-bond acceptors (Lipinski definition) is 2. The van der Waals surface area contributed by atoms with Crippen molar-refractivity contribution in [1.82, 2.24) is 5.32 Å². The number of aryl methyl sites for hydroxylation is 1. The van der Waals surface area contributed by atoms with E-state index in [4.69, 9.17) is 4.74 Å². The fourth-order valence-electron chi connectivity index (χ4n) is 1.67. The molecule has 0 aliphatic rings. The quantitative estimate of drug-likeness (QED) is 0.724. The van der Waals surface area contributed by atoms with Gasteiger partial charge in [-0.2, -0.15) is 0 Å². The molecule has 0 bridgehead atoms. The van der Waals surface area contributed by atoms with Crippen LogP contribution in [0.4, 0.5) is 0 Å². The van der Waals surface area contributed by atoms with Gasteiger partial charge < -0.3 is 10.1 Å². The third kappa shape index (κ3) is 4.02. The Morgan fingerprint density at radius 3 is 2.73 bits per heavy atom. The molecule has 15 heavy (non-hydrogen) atoms. The van der Waals surface area contributed by atoms with Crippen molar-refractivity contribution in [3.63, 3.8) is 0 Å². The number of rotatable bonds is 6. The van der Waals surface area contributed by atoms with Crippen LogP contribution in [0.25, 0.3) is 0 Å². The summed E-state index contributed by atoms with van der Waals surface area (Å²) in [6, 6.07) is 8.88. The van der Waals surface area contributed by atoms with Gasteiger partial charge in [0.2, 0.25) is 0 Å². The molecule has 0 heterocycles. The van der Waals surface area contributed by atoms with Gasteiger partial charge >= 0.3 is 0 Å². The molecule has 0 aromatic heterocycles. The van der Waals surface area contributed by atoms with E-state index in [0.717, 1.165) is 19.8 Å². The average molecular weight is 207 g/mol. The van der Waals surface area contributed by atoms with Crippen molar-refractivity contribution < 1.29 is 4.74 Å². The Morgan fingerprint density at radius 1 is 1.33 bits per heavy atom. The maximum Gasteiger partial charge on any atom is 0.0590 e. The molecule has 84 valence electrons. The molecule has 1 atom stereocenters. The van der Waals surface area contributed by atoms with Gasteiger partial charge in [0, 0.05) is 19.2 Å². The summed E-state index contributed by atoms with van der Waals surface area (Å²) in [7, 11) is 0. The zero-order chi connectivity index (χ0) is 11.1. The SMILES string of the molecule is CCOCCN[C@@H](C)c1ccccc1C. The van der Waals surface area contributed by atoms with Crippen LogP contribution in [0.2, 0.25) is 0 Å². The van der Waals surface area contributed by atoms with Crippen molar-refractivity contribution in [1.29, 1.82) is 0 Å². The number of hydrogen-bond donors (Lipinski definition) is 1. The molecule has 0 amide bonds. The summed E-state index contributed by atoms with van der Waals surface area (Å²) in [5.74, 6) is 0. The summed E-state index contributed by atoms with van der Waals surface area (Å²) < 4.78 is 5.29. The van der Waals surface area contributed by atoms with Crippen LogP contribution in [-0.2, 0) is 4.74 Å². The van der Waals surface area contributed by atoms with Gasteiger partial charge in [-0.15, -0.1) is 0 Å². The highest BCUT2D eigenvalue weighted by Gasteiger charge is 2.05. The Kier molecular flexibility index (Phi) is 5.37. The second kappa shape index (κ2) is 6.59. The average Bonchev–Trinajstić information content (AvgIpc) is 2.25. The molecule has 2 nitrogen and oxygen atoms in total. The van der Waals surface area contributed by atoms with E-state index >= 15 is 0 Å². The van der Waals surface area contributed by atoms with Crippen molar-refractivity contribution >= 4 is 0 Å². The second-order valence-electron chi connectivity index (χ2n) is 3.73. The highest BCUT2D eigenvalue weighted by Crippen LogP contribution is 2.15. The van der Waals surface area contributed by atoms with Gasteiger partial charge in [-0.3, -0.25) is 0 Å². The largest absolute Gasteiger partial charge is 0.380 e. The van der Waals surface area contributed by atoms with E-state index in [1.165, 1.54) is 11.1 Å². The number of benzene rings is 1. The normalized spacial score (nSPS) is 12.7.